The third kappa shape index (κ3) is 3.32. The van der Waals surface area contributed by atoms with Crippen molar-refractivity contribution in [3.63, 3.8) is 0 Å². The smallest absolute Gasteiger partial charge is 0.235 e. The molecule has 0 radical (unpaired) electrons. The summed E-state index contributed by atoms with van der Waals surface area (Å²) in [5.41, 5.74) is 0. The van der Waals surface area contributed by atoms with E-state index in [9.17, 15) is 4.79 Å². The molecule has 1 aromatic heterocycles. The van der Waals surface area contributed by atoms with Crippen molar-refractivity contribution < 1.29 is 4.79 Å². The molecule has 1 aromatic rings. The minimum atomic E-state index is 0.0796. The molecule has 4 heteroatoms. The number of hydrogen-bond donors (Lipinski definition) is 0. The summed E-state index contributed by atoms with van der Waals surface area (Å²) < 4.78 is 0.0796. The minimum Gasteiger partial charge on any atom is -0.235 e. The molecule has 0 N–H and O–H groups in total. The van der Waals surface area contributed by atoms with Crippen LogP contribution in [0.25, 0.3) is 0 Å². The third-order valence-corrected chi connectivity index (χ3v) is 2.47. The third-order valence-electron chi connectivity index (χ3n) is 1.32. The van der Waals surface area contributed by atoms with Crippen molar-refractivity contribution in [3.05, 3.63) is 18.3 Å². The van der Waals surface area contributed by atoms with Gasteiger partial charge in [0.15, 0.2) is 5.82 Å². The average Bonchev–Trinajstić information content (AvgIpc) is 2.06. The highest BCUT2D eigenvalue weighted by Crippen LogP contribution is 2.36. The Hall–Kier alpha value is -1.12. The Labute approximate surface area is 87.7 Å². The van der Waals surface area contributed by atoms with Gasteiger partial charge < -0.3 is 0 Å². The van der Waals surface area contributed by atoms with Crippen LogP contribution in [0.3, 0.4) is 0 Å². The molecule has 1 rings (SSSR count). The van der Waals surface area contributed by atoms with Crippen LogP contribution < -0.4 is 0 Å². The SMILES string of the molecule is CC(C)(C)Sc1cccnc1N=C=O. The quantitative estimate of drug-likeness (QED) is 0.426. The lowest BCUT2D eigenvalue weighted by Crippen LogP contribution is -2.06. The molecule has 0 amide bonds. The summed E-state index contributed by atoms with van der Waals surface area (Å²) in [5.74, 6) is 0.447. The molecule has 0 fully saturated rings. The van der Waals surface area contributed by atoms with Crippen LogP contribution in [-0.4, -0.2) is 15.8 Å². The number of thioether (sulfide) groups is 1. The van der Waals surface area contributed by atoms with Crippen LogP contribution in [0.15, 0.2) is 28.2 Å². The predicted octanol–water partition coefficient (Wildman–Crippen LogP) is 2.94. The van der Waals surface area contributed by atoms with Crippen LogP contribution >= 0.6 is 11.8 Å². The minimum absolute atomic E-state index is 0.0796. The molecule has 1 heterocycles. The van der Waals surface area contributed by atoms with Gasteiger partial charge in [-0.3, -0.25) is 0 Å². The highest BCUT2D eigenvalue weighted by atomic mass is 32.2. The van der Waals surface area contributed by atoms with Gasteiger partial charge in [-0.2, -0.15) is 0 Å². The number of hydrogen-bond acceptors (Lipinski definition) is 4. The van der Waals surface area contributed by atoms with E-state index in [1.807, 2.05) is 12.1 Å². The van der Waals surface area contributed by atoms with E-state index in [1.165, 1.54) is 6.08 Å². The Kier molecular flexibility index (Phi) is 3.44. The lowest BCUT2D eigenvalue weighted by atomic mass is 10.3. The molecule has 14 heavy (non-hydrogen) atoms. The van der Waals surface area contributed by atoms with Gasteiger partial charge in [-0.05, 0) is 12.1 Å². The van der Waals surface area contributed by atoms with Gasteiger partial charge in [0.25, 0.3) is 0 Å². The maximum Gasteiger partial charge on any atom is 0.242 e. The number of nitrogens with zero attached hydrogens (tertiary/aromatic N) is 2. The van der Waals surface area contributed by atoms with Crippen molar-refractivity contribution in [2.24, 2.45) is 4.99 Å². The Morgan fingerprint density at radius 1 is 1.50 bits per heavy atom. The topological polar surface area (TPSA) is 42.3 Å². The summed E-state index contributed by atoms with van der Waals surface area (Å²) >= 11 is 1.63. The van der Waals surface area contributed by atoms with Crippen LogP contribution in [0.1, 0.15) is 20.8 Å². The number of aliphatic imine (C=N–C) groups is 1. The van der Waals surface area contributed by atoms with Crippen molar-refractivity contribution in [1.29, 1.82) is 0 Å². The van der Waals surface area contributed by atoms with Gasteiger partial charge in [0, 0.05) is 10.9 Å². The second-order valence-corrected chi connectivity index (χ2v) is 5.61. The highest BCUT2D eigenvalue weighted by Gasteiger charge is 2.14. The molecule has 0 aliphatic carbocycles. The predicted molar refractivity (Wildman–Crippen MR) is 57.6 cm³/mol. The van der Waals surface area contributed by atoms with Gasteiger partial charge in [-0.25, -0.2) is 9.78 Å². The molecule has 0 saturated heterocycles. The van der Waals surface area contributed by atoms with Crippen molar-refractivity contribution in [2.45, 2.75) is 30.4 Å². The summed E-state index contributed by atoms with van der Waals surface area (Å²) in [6.45, 7) is 6.29. The Bertz CT molecular complexity index is 365. The zero-order chi connectivity index (χ0) is 10.6. The fraction of sp³-hybridized carbons (Fsp3) is 0.400. The molecule has 0 unspecified atom stereocenters. The largest absolute Gasteiger partial charge is 0.242 e. The van der Waals surface area contributed by atoms with Crippen molar-refractivity contribution >= 4 is 23.7 Å². The molecule has 0 saturated carbocycles. The average molecular weight is 208 g/mol. The van der Waals surface area contributed by atoms with Gasteiger partial charge in [0.2, 0.25) is 6.08 Å². The van der Waals surface area contributed by atoms with E-state index in [0.29, 0.717) is 5.82 Å². The number of pyridine rings is 1. The molecule has 3 nitrogen and oxygen atoms in total. The fourth-order valence-corrected chi connectivity index (χ4v) is 1.91. The number of aromatic nitrogens is 1. The van der Waals surface area contributed by atoms with Gasteiger partial charge >= 0.3 is 0 Å². The van der Waals surface area contributed by atoms with Crippen LogP contribution in [0.5, 0.6) is 0 Å². The van der Waals surface area contributed by atoms with Gasteiger partial charge in [0.1, 0.15) is 0 Å². The van der Waals surface area contributed by atoms with Crippen LogP contribution in [0.2, 0.25) is 0 Å². The molecule has 0 aromatic carbocycles. The van der Waals surface area contributed by atoms with E-state index in [4.69, 9.17) is 0 Å². The Balaban J connectivity index is 3.01. The molecule has 0 aliphatic heterocycles. The number of isocyanates is 1. The molecular formula is C10H12N2OS. The normalized spacial score (nSPS) is 10.8. The lowest BCUT2D eigenvalue weighted by Gasteiger charge is -2.17. The van der Waals surface area contributed by atoms with Crippen molar-refractivity contribution in [3.8, 4) is 0 Å². The van der Waals surface area contributed by atoms with E-state index in [1.54, 1.807) is 18.0 Å². The monoisotopic (exact) mass is 208 g/mol. The summed E-state index contributed by atoms with van der Waals surface area (Å²) in [4.78, 5) is 18.6. The number of carbonyl (C=O) groups excluding carboxylic acids is 1. The zero-order valence-corrected chi connectivity index (χ0v) is 9.26. The van der Waals surface area contributed by atoms with E-state index >= 15 is 0 Å². The number of rotatable bonds is 2. The van der Waals surface area contributed by atoms with E-state index in [0.717, 1.165) is 4.90 Å². The maximum absolute atomic E-state index is 10.2. The van der Waals surface area contributed by atoms with Crippen molar-refractivity contribution in [1.82, 2.24) is 4.98 Å². The summed E-state index contributed by atoms with van der Waals surface area (Å²) in [6.07, 6.45) is 3.12. The Morgan fingerprint density at radius 2 is 2.21 bits per heavy atom. The van der Waals surface area contributed by atoms with Gasteiger partial charge in [-0.15, -0.1) is 16.8 Å². The second kappa shape index (κ2) is 4.40. The zero-order valence-electron chi connectivity index (χ0n) is 8.44. The maximum atomic E-state index is 10.2. The van der Waals surface area contributed by atoms with Crippen molar-refractivity contribution in [2.75, 3.05) is 0 Å². The molecule has 0 aliphatic rings. The molecule has 0 spiro atoms. The lowest BCUT2D eigenvalue weighted by molar-refractivity contribution is 0.565. The first-order chi connectivity index (χ1) is 6.53. The molecule has 74 valence electrons. The van der Waals surface area contributed by atoms with Crippen LogP contribution in [0, 0.1) is 0 Å². The molecule has 0 atom stereocenters. The first-order valence-corrected chi connectivity index (χ1v) is 5.06. The van der Waals surface area contributed by atoms with Crippen LogP contribution in [0.4, 0.5) is 5.82 Å². The van der Waals surface area contributed by atoms with E-state index in [-0.39, 0.29) is 4.75 Å². The first-order valence-electron chi connectivity index (χ1n) is 4.25. The fourth-order valence-electron chi connectivity index (χ4n) is 0.919. The summed E-state index contributed by atoms with van der Waals surface area (Å²) in [7, 11) is 0. The van der Waals surface area contributed by atoms with E-state index in [2.05, 4.69) is 30.7 Å². The molecule has 0 bridgehead atoms. The van der Waals surface area contributed by atoms with Gasteiger partial charge in [0.05, 0.1) is 4.90 Å². The Morgan fingerprint density at radius 3 is 2.79 bits per heavy atom. The summed E-state index contributed by atoms with van der Waals surface area (Å²) in [5, 5.41) is 0. The van der Waals surface area contributed by atoms with Gasteiger partial charge in [-0.1, -0.05) is 20.8 Å². The first kappa shape index (κ1) is 11.0. The highest BCUT2D eigenvalue weighted by molar-refractivity contribution is 8.00. The molecular weight excluding hydrogens is 196 g/mol. The standard InChI is InChI=1S/C10H12N2OS/c1-10(2,3)14-8-5-4-6-11-9(8)12-7-13/h4-6H,1-3H3. The van der Waals surface area contributed by atoms with E-state index < -0.39 is 0 Å². The summed E-state index contributed by atoms with van der Waals surface area (Å²) in [6, 6.07) is 3.73. The van der Waals surface area contributed by atoms with Crippen LogP contribution in [-0.2, 0) is 4.79 Å². The second-order valence-electron chi connectivity index (χ2n) is 3.74.